The number of amides is 2. The van der Waals surface area contributed by atoms with Gasteiger partial charge in [0, 0.05) is 30.3 Å². The van der Waals surface area contributed by atoms with Crippen LogP contribution in [0, 0.1) is 5.92 Å². The van der Waals surface area contributed by atoms with E-state index in [1.165, 1.54) is 0 Å². The van der Waals surface area contributed by atoms with Crippen molar-refractivity contribution in [3.8, 4) is 0 Å². The zero-order chi connectivity index (χ0) is 14.5. The Bertz CT molecular complexity index is 514. The first-order valence-corrected chi connectivity index (χ1v) is 6.98. The maximum atomic E-state index is 12.0. The molecular weight excluding hydrogens is 254 g/mol. The van der Waals surface area contributed by atoms with Crippen LogP contribution < -0.4 is 16.0 Å². The minimum absolute atomic E-state index is 0.00282. The van der Waals surface area contributed by atoms with Crippen molar-refractivity contribution in [2.45, 2.75) is 26.2 Å². The fourth-order valence-electron chi connectivity index (χ4n) is 2.32. The average molecular weight is 275 g/mol. The maximum Gasteiger partial charge on any atom is 0.228 e. The second kappa shape index (κ2) is 6.52. The number of hydrogen-bond donors (Lipinski definition) is 3. The summed E-state index contributed by atoms with van der Waals surface area (Å²) < 4.78 is 0. The second-order valence-corrected chi connectivity index (χ2v) is 5.22. The van der Waals surface area contributed by atoms with Gasteiger partial charge in [-0.15, -0.1) is 0 Å². The summed E-state index contributed by atoms with van der Waals surface area (Å²) in [4.78, 5) is 23.5. The monoisotopic (exact) mass is 275 g/mol. The molecule has 0 spiro atoms. The average Bonchev–Trinajstić information content (AvgIpc) is 2.59. The fourth-order valence-corrected chi connectivity index (χ4v) is 2.32. The van der Waals surface area contributed by atoms with Gasteiger partial charge in [0.2, 0.25) is 11.8 Å². The Hall–Kier alpha value is -1.88. The van der Waals surface area contributed by atoms with E-state index < -0.39 is 0 Å². The zero-order valence-corrected chi connectivity index (χ0v) is 12.0. The molecule has 0 saturated carbocycles. The minimum atomic E-state index is -0.0847. The lowest BCUT2D eigenvalue weighted by Crippen LogP contribution is -2.28. The van der Waals surface area contributed by atoms with Crippen LogP contribution in [0.15, 0.2) is 18.2 Å². The maximum absolute atomic E-state index is 12.0. The van der Waals surface area contributed by atoms with Gasteiger partial charge in [0.25, 0.3) is 0 Å². The predicted octanol–water partition coefficient (Wildman–Crippen LogP) is 1.76. The number of anilines is 2. The highest BCUT2D eigenvalue weighted by Gasteiger charge is 2.15. The first-order chi connectivity index (χ1) is 9.60. The van der Waals surface area contributed by atoms with Crippen molar-refractivity contribution < 1.29 is 9.59 Å². The van der Waals surface area contributed by atoms with Crippen LogP contribution in [-0.2, 0) is 16.0 Å². The molecule has 1 aromatic rings. The summed E-state index contributed by atoms with van der Waals surface area (Å²) in [6.45, 7) is 2.53. The number of carbonyl (C=O) groups excluding carboxylic acids is 2. The van der Waals surface area contributed by atoms with Crippen molar-refractivity contribution in [2.24, 2.45) is 5.92 Å². The summed E-state index contributed by atoms with van der Waals surface area (Å²) in [6, 6.07) is 5.64. The number of carbonyl (C=O) groups is 2. The molecule has 0 saturated heterocycles. The molecule has 2 amide bonds. The van der Waals surface area contributed by atoms with Crippen LogP contribution in [0.4, 0.5) is 11.4 Å². The van der Waals surface area contributed by atoms with Gasteiger partial charge in [0.15, 0.2) is 0 Å². The molecule has 0 aromatic heterocycles. The number of nitrogens with one attached hydrogen (secondary N) is 3. The number of rotatable bonds is 4. The molecule has 20 heavy (non-hydrogen) atoms. The van der Waals surface area contributed by atoms with Gasteiger partial charge < -0.3 is 16.0 Å². The van der Waals surface area contributed by atoms with E-state index in [1.807, 2.05) is 32.2 Å². The molecule has 0 radical (unpaired) electrons. The highest BCUT2D eigenvalue weighted by Crippen LogP contribution is 2.25. The van der Waals surface area contributed by atoms with Gasteiger partial charge >= 0.3 is 0 Å². The summed E-state index contributed by atoms with van der Waals surface area (Å²) in [7, 11) is 1.83. The molecule has 5 nitrogen and oxygen atoms in total. The highest BCUT2D eigenvalue weighted by molar-refractivity contribution is 5.95. The lowest BCUT2D eigenvalue weighted by molar-refractivity contribution is -0.119. The number of hydrogen-bond acceptors (Lipinski definition) is 3. The van der Waals surface area contributed by atoms with Crippen LogP contribution in [-0.4, -0.2) is 25.4 Å². The van der Waals surface area contributed by atoms with E-state index in [0.717, 1.165) is 29.8 Å². The van der Waals surface area contributed by atoms with E-state index in [-0.39, 0.29) is 17.7 Å². The molecule has 0 aliphatic carbocycles. The third-order valence-electron chi connectivity index (χ3n) is 3.45. The Morgan fingerprint density at radius 3 is 2.95 bits per heavy atom. The van der Waals surface area contributed by atoms with E-state index in [0.29, 0.717) is 13.0 Å². The minimum Gasteiger partial charge on any atom is -0.326 e. The lowest BCUT2D eigenvalue weighted by Gasteiger charge is -2.13. The molecule has 0 fully saturated rings. The van der Waals surface area contributed by atoms with Crippen LogP contribution in [0.3, 0.4) is 0 Å². The lowest BCUT2D eigenvalue weighted by atomic mass is 10.1. The summed E-state index contributed by atoms with van der Waals surface area (Å²) in [5.41, 5.74) is 2.72. The van der Waals surface area contributed by atoms with Gasteiger partial charge in [-0.1, -0.05) is 6.92 Å². The molecule has 1 heterocycles. The summed E-state index contributed by atoms with van der Waals surface area (Å²) in [6.07, 6.45) is 2.24. The molecular formula is C15H21N3O2. The molecule has 3 N–H and O–H groups in total. The Labute approximate surface area is 119 Å². The normalized spacial score (nSPS) is 15.8. The molecule has 1 atom stereocenters. The van der Waals surface area contributed by atoms with E-state index in [1.54, 1.807) is 0 Å². The second-order valence-electron chi connectivity index (χ2n) is 5.22. The number of aryl methyl sites for hydroxylation is 1. The van der Waals surface area contributed by atoms with Gasteiger partial charge in [0.1, 0.15) is 0 Å². The van der Waals surface area contributed by atoms with Crippen molar-refractivity contribution in [2.75, 3.05) is 24.2 Å². The van der Waals surface area contributed by atoms with E-state index in [9.17, 15) is 9.59 Å². The van der Waals surface area contributed by atoms with Crippen LogP contribution in [0.2, 0.25) is 0 Å². The van der Waals surface area contributed by atoms with E-state index in [2.05, 4.69) is 16.0 Å². The highest BCUT2D eigenvalue weighted by atomic mass is 16.2. The summed E-state index contributed by atoms with van der Waals surface area (Å²) in [5.74, 6) is -0.0290. The van der Waals surface area contributed by atoms with Gasteiger partial charge in [-0.05, 0) is 43.7 Å². The largest absolute Gasteiger partial charge is 0.326 e. The molecule has 1 unspecified atom stereocenters. The smallest absolute Gasteiger partial charge is 0.228 e. The predicted molar refractivity (Wildman–Crippen MR) is 79.7 cm³/mol. The standard InChI is InChI=1S/C15H21N3O2/c1-10(9-16-2)15(20)17-12-6-7-13-11(8-12)4-3-5-14(19)18-13/h6-8,10,16H,3-5,9H2,1-2H3,(H,17,20)(H,18,19). The van der Waals surface area contributed by atoms with Crippen molar-refractivity contribution >= 4 is 23.2 Å². The van der Waals surface area contributed by atoms with Crippen molar-refractivity contribution in [3.63, 3.8) is 0 Å². The Morgan fingerprint density at radius 1 is 1.40 bits per heavy atom. The van der Waals surface area contributed by atoms with Crippen molar-refractivity contribution in [1.82, 2.24) is 5.32 Å². The molecule has 2 rings (SSSR count). The van der Waals surface area contributed by atoms with Crippen LogP contribution in [0.5, 0.6) is 0 Å². The molecule has 1 aliphatic rings. The fraction of sp³-hybridized carbons (Fsp3) is 0.467. The molecule has 108 valence electrons. The quantitative estimate of drug-likeness (QED) is 0.784. The Morgan fingerprint density at radius 2 is 2.20 bits per heavy atom. The van der Waals surface area contributed by atoms with E-state index in [4.69, 9.17) is 0 Å². The molecule has 5 heteroatoms. The topological polar surface area (TPSA) is 70.2 Å². The van der Waals surface area contributed by atoms with Gasteiger partial charge in [-0.3, -0.25) is 9.59 Å². The summed E-state index contributed by atoms with van der Waals surface area (Å²) >= 11 is 0. The van der Waals surface area contributed by atoms with Crippen LogP contribution >= 0.6 is 0 Å². The SMILES string of the molecule is CNCC(C)C(=O)Nc1ccc2c(c1)CCCC(=O)N2. The molecule has 0 bridgehead atoms. The third kappa shape index (κ3) is 3.57. The Kier molecular flexibility index (Phi) is 4.74. The summed E-state index contributed by atoms with van der Waals surface area (Å²) in [5, 5.41) is 8.79. The molecule has 1 aliphatic heterocycles. The van der Waals surface area contributed by atoms with Crippen LogP contribution in [0.25, 0.3) is 0 Å². The van der Waals surface area contributed by atoms with Crippen molar-refractivity contribution in [3.05, 3.63) is 23.8 Å². The van der Waals surface area contributed by atoms with Gasteiger partial charge in [-0.25, -0.2) is 0 Å². The number of fused-ring (bicyclic) bond motifs is 1. The van der Waals surface area contributed by atoms with Crippen molar-refractivity contribution in [1.29, 1.82) is 0 Å². The zero-order valence-electron chi connectivity index (χ0n) is 12.0. The Balaban J connectivity index is 2.09. The first-order valence-electron chi connectivity index (χ1n) is 6.98. The third-order valence-corrected chi connectivity index (χ3v) is 3.45. The molecule has 1 aromatic carbocycles. The number of benzene rings is 1. The van der Waals surface area contributed by atoms with Gasteiger partial charge in [-0.2, -0.15) is 0 Å². The van der Waals surface area contributed by atoms with E-state index >= 15 is 0 Å². The first kappa shape index (κ1) is 14.5. The van der Waals surface area contributed by atoms with Crippen LogP contribution in [0.1, 0.15) is 25.3 Å². The van der Waals surface area contributed by atoms with Gasteiger partial charge in [0.05, 0.1) is 0 Å².